The molecule has 0 radical (unpaired) electrons. The summed E-state index contributed by atoms with van der Waals surface area (Å²) in [6.07, 6.45) is 1.73. The molecule has 0 aliphatic carbocycles. The van der Waals surface area contributed by atoms with Crippen molar-refractivity contribution in [3.63, 3.8) is 0 Å². The van der Waals surface area contributed by atoms with Gasteiger partial charge in [0, 0.05) is 17.2 Å². The molecule has 100 valence electrons. The zero-order chi connectivity index (χ0) is 13.8. The van der Waals surface area contributed by atoms with Gasteiger partial charge < -0.3 is 9.31 Å². The Kier molecular flexibility index (Phi) is 2.72. The summed E-state index contributed by atoms with van der Waals surface area (Å²) in [4.78, 5) is 0. The summed E-state index contributed by atoms with van der Waals surface area (Å²) in [5.74, 6) is 0. The van der Waals surface area contributed by atoms with Crippen LogP contribution in [0.4, 0.5) is 0 Å². The fourth-order valence-corrected chi connectivity index (χ4v) is 2.34. The van der Waals surface area contributed by atoms with Crippen molar-refractivity contribution in [2.45, 2.75) is 38.9 Å². The van der Waals surface area contributed by atoms with Gasteiger partial charge in [-0.2, -0.15) is 9.30 Å². The Hall–Kier alpha value is -1.04. The van der Waals surface area contributed by atoms with Crippen LogP contribution in [0.15, 0.2) is 24.4 Å². The summed E-state index contributed by atoms with van der Waals surface area (Å²) in [7, 11) is -0.354. The molecular weight excluding hydrogens is 262 g/mol. The average molecular weight is 279 g/mol. The lowest BCUT2D eigenvalue weighted by Gasteiger charge is -2.32. The molecule has 2 aromatic rings. The van der Waals surface area contributed by atoms with Crippen molar-refractivity contribution >= 4 is 35.3 Å². The fraction of sp³-hybridized carbons (Fsp3) is 0.462. The van der Waals surface area contributed by atoms with Gasteiger partial charge in [-0.25, -0.2) is 0 Å². The van der Waals surface area contributed by atoms with Gasteiger partial charge in [-0.3, -0.25) is 0 Å². The molecule has 0 unspecified atom stereocenters. The van der Waals surface area contributed by atoms with Crippen LogP contribution in [0.1, 0.15) is 27.7 Å². The van der Waals surface area contributed by atoms with Crippen LogP contribution in [0, 0.1) is 0 Å². The van der Waals surface area contributed by atoms with Gasteiger partial charge in [-0.1, -0.05) is 12.1 Å². The zero-order valence-corrected chi connectivity index (χ0v) is 12.2. The molecule has 19 heavy (non-hydrogen) atoms. The van der Waals surface area contributed by atoms with Crippen molar-refractivity contribution in [1.82, 2.24) is 9.30 Å². The SMILES string of the molecule is CC1(C)OB(c2ccc3c(cnn3Cl)c2)OC1(C)C. The molecule has 0 amide bonds. The lowest BCUT2D eigenvalue weighted by molar-refractivity contribution is 0.00578. The molecule has 4 nitrogen and oxygen atoms in total. The van der Waals surface area contributed by atoms with Gasteiger partial charge in [0.1, 0.15) is 0 Å². The van der Waals surface area contributed by atoms with E-state index in [9.17, 15) is 0 Å². The quantitative estimate of drug-likeness (QED) is 0.751. The minimum atomic E-state index is -0.354. The predicted molar refractivity (Wildman–Crippen MR) is 76.7 cm³/mol. The first-order valence-electron chi connectivity index (χ1n) is 6.30. The predicted octanol–water partition coefficient (Wildman–Crippen LogP) is 2.34. The van der Waals surface area contributed by atoms with Gasteiger partial charge in [0.05, 0.1) is 22.9 Å². The van der Waals surface area contributed by atoms with E-state index in [1.165, 1.54) is 4.20 Å². The third-order valence-corrected chi connectivity index (χ3v) is 4.34. The van der Waals surface area contributed by atoms with Gasteiger partial charge in [-0.05, 0) is 39.2 Å². The smallest absolute Gasteiger partial charge is 0.399 e. The summed E-state index contributed by atoms with van der Waals surface area (Å²) < 4.78 is 13.4. The van der Waals surface area contributed by atoms with Crippen molar-refractivity contribution in [3.8, 4) is 0 Å². The van der Waals surface area contributed by atoms with E-state index in [2.05, 4.69) is 5.10 Å². The highest BCUT2D eigenvalue weighted by molar-refractivity contribution is 6.62. The van der Waals surface area contributed by atoms with E-state index in [0.29, 0.717) is 0 Å². The van der Waals surface area contributed by atoms with E-state index in [0.717, 1.165) is 16.4 Å². The first kappa shape index (κ1) is 13.0. The van der Waals surface area contributed by atoms with Gasteiger partial charge in [0.15, 0.2) is 0 Å². The summed E-state index contributed by atoms with van der Waals surface area (Å²) in [6, 6.07) is 5.89. The van der Waals surface area contributed by atoms with E-state index in [-0.39, 0.29) is 18.3 Å². The van der Waals surface area contributed by atoms with Crippen molar-refractivity contribution in [1.29, 1.82) is 0 Å². The maximum Gasteiger partial charge on any atom is 0.494 e. The van der Waals surface area contributed by atoms with Crippen LogP contribution in [0.3, 0.4) is 0 Å². The van der Waals surface area contributed by atoms with Crippen molar-refractivity contribution in [2.24, 2.45) is 0 Å². The Morgan fingerprint density at radius 1 is 1.16 bits per heavy atom. The number of aromatic nitrogens is 2. The maximum absolute atomic E-state index is 6.02. The number of hydrogen-bond donors (Lipinski definition) is 0. The van der Waals surface area contributed by atoms with Gasteiger partial charge in [0.2, 0.25) is 0 Å². The number of hydrogen-bond acceptors (Lipinski definition) is 3. The Morgan fingerprint density at radius 2 is 1.79 bits per heavy atom. The van der Waals surface area contributed by atoms with Crippen LogP contribution in [-0.2, 0) is 9.31 Å². The van der Waals surface area contributed by atoms with E-state index in [4.69, 9.17) is 21.1 Å². The molecule has 1 aromatic heterocycles. The second kappa shape index (κ2) is 3.98. The molecule has 3 rings (SSSR count). The fourth-order valence-electron chi connectivity index (χ4n) is 2.15. The molecule has 0 saturated carbocycles. The van der Waals surface area contributed by atoms with Crippen LogP contribution < -0.4 is 5.46 Å². The van der Waals surface area contributed by atoms with Crippen LogP contribution in [0.25, 0.3) is 10.9 Å². The standard InChI is InChI=1S/C13H16BClN2O2/c1-12(2)13(3,4)19-14(18-12)10-5-6-11-9(7-10)8-16-17(11)15/h5-8H,1-4H3. The monoisotopic (exact) mass is 278 g/mol. The molecule has 0 bridgehead atoms. The molecule has 0 spiro atoms. The largest absolute Gasteiger partial charge is 0.494 e. The lowest BCUT2D eigenvalue weighted by Crippen LogP contribution is -2.41. The minimum Gasteiger partial charge on any atom is -0.399 e. The topological polar surface area (TPSA) is 36.3 Å². The highest BCUT2D eigenvalue weighted by Gasteiger charge is 2.51. The van der Waals surface area contributed by atoms with E-state index in [1.54, 1.807) is 6.20 Å². The molecule has 6 heteroatoms. The second-order valence-corrected chi connectivity index (χ2v) is 6.23. The highest BCUT2D eigenvalue weighted by atomic mass is 35.5. The number of fused-ring (bicyclic) bond motifs is 1. The summed E-state index contributed by atoms with van der Waals surface area (Å²) in [5.41, 5.74) is 1.20. The Labute approximate surface area is 117 Å². The third kappa shape index (κ3) is 1.97. The molecular formula is C13H16BClN2O2. The van der Waals surface area contributed by atoms with Crippen LogP contribution in [0.5, 0.6) is 0 Å². The summed E-state index contributed by atoms with van der Waals surface area (Å²) in [6.45, 7) is 8.18. The molecule has 1 aliphatic heterocycles. The van der Waals surface area contributed by atoms with E-state index in [1.807, 2.05) is 45.9 Å². The van der Waals surface area contributed by atoms with Crippen molar-refractivity contribution in [3.05, 3.63) is 24.4 Å². The Morgan fingerprint density at radius 3 is 2.42 bits per heavy atom. The molecule has 0 N–H and O–H groups in total. The number of rotatable bonds is 1. The van der Waals surface area contributed by atoms with Gasteiger partial charge >= 0.3 is 7.12 Å². The minimum absolute atomic E-state index is 0.330. The van der Waals surface area contributed by atoms with Crippen molar-refractivity contribution in [2.75, 3.05) is 0 Å². The Balaban J connectivity index is 1.98. The van der Waals surface area contributed by atoms with Crippen LogP contribution in [-0.4, -0.2) is 27.6 Å². The zero-order valence-electron chi connectivity index (χ0n) is 11.5. The van der Waals surface area contributed by atoms with Crippen LogP contribution in [0.2, 0.25) is 0 Å². The molecule has 0 atom stereocenters. The normalized spacial score (nSPS) is 21.2. The van der Waals surface area contributed by atoms with E-state index >= 15 is 0 Å². The lowest BCUT2D eigenvalue weighted by atomic mass is 9.79. The molecule has 1 aliphatic rings. The molecule has 1 saturated heterocycles. The third-order valence-electron chi connectivity index (χ3n) is 4.07. The molecule has 2 heterocycles. The molecule has 1 aromatic carbocycles. The molecule has 1 fully saturated rings. The van der Waals surface area contributed by atoms with E-state index < -0.39 is 0 Å². The summed E-state index contributed by atoms with van der Waals surface area (Å²) >= 11 is 5.92. The maximum atomic E-state index is 6.02. The highest BCUT2D eigenvalue weighted by Crippen LogP contribution is 2.36. The van der Waals surface area contributed by atoms with Gasteiger partial charge in [0.25, 0.3) is 0 Å². The van der Waals surface area contributed by atoms with Crippen molar-refractivity contribution < 1.29 is 9.31 Å². The number of nitrogens with zero attached hydrogens (tertiary/aromatic N) is 2. The van der Waals surface area contributed by atoms with Gasteiger partial charge in [-0.15, -0.1) is 0 Å². The Bertz CT molecular complexity index is 623. The summed E-state index contributed by atoms with van der Waals surface area (Å²) in [5, 5.41) is 5.00. The van der Waals surface area contributed by atoms with Crippen LogP contribution >= 0.6 is 11.8 Å². The first-order valence-corrected chi connectivity index (χ1v) is 6.63. The first-order chi connectivity index (χ1) is 8.80. The number of halogens is 1. The second-order valence-electron chi connectivity index (χ2n) is 5.91. The number of benzene rings is 1. The average Bonchev–Trinajstić information content (AvgIpc) is 2.78.